The highest BCUT2D eigenvalue weighted by atomic mass is 16.3. The number of amides is 1. The molecule has 0 saturated heterocycles. The van der Waals surface area contributed by atoms with E-state index in [9.17, 15) is 4.79 Å². The van der Waals surface area contributed by atoms with Gasteiger partial charge < -0.3 is 14.8 Å². The zero-order chi connectivity index (χ0) is 14.4. The molecule has 4 heteroatoms. The molecular weight excluding hydrogens is 254 g/mol. The van der Waals surface area contributed by atoms with E-state index in [-0.39, 0.29) is 18.3 Å². The first-order valence-corrected chi connectivity index (χ1v) is 6.26. The second-order valence-electron chi connectivity index (χ2n) is 4.24. The molecule has 2 rings (SSSR count). The molecule has 0 aliphatic rings. The smallest absolute Gasteiger partial charge is 0.291 e. The molecule has 1 heterocycles. The molecule has 0 radical (unpaired) electrons. The van der Waals surface area contributed by atoms with Gasteiger partial charge in [0.2, 0.25) is 0 Å². The van der Waals surface area contributed by atoms with Crippen molar-refractivity contribution in [3.8, 4) is 11.8 Å². The number of hydrogen-bond donors (Lipinski definition) is 2. The van der Waals surface area contributed by atoms with Crippen LogP contribution >= 0.6 is 0 Å². The van der Waals surface area contributed by atoms with Crippen LogP contribution in [0, 0.1) is 18.8 Å². The minimum Gasteiger partial charge on any atom is -0.459 e. The summed E-state index contributed by atoms with van der Waals surface area (Å²) in [6.45, 7) is 1.96. The Morgan fingerprint density at radius 3 is 2.90 bits per heavy atom. The van der Waals surface area contributed by atoms with Crippen LogP contribution in [-0.4, -0.2) is 17.6 Å². The summed E-state index contributed by atoms with van der Waals surface area (Å²) < 4.78 is 5.04. The normalized spacial score (nSPS) is 9.70. The molecule has 1 aromatic heterocycles. The Balaban J connectivity index is 2.11. The van der Waals surface area contributed by atoms with Crippen LogP contribution in [0.2, 0.25) is 0 Å². The molecule has 1 amide bonds. The minimum absolute atomic E-state index is 0.0588. The first kappa shape index (κ1) is 13.9. The van der Waals surface area contributed by atoms with E-state index in [0.717, 1.165) is 16.8 Å². The van der Waals surface area contributed by atoms with Crippen molar-refractivity contribution in [3.05, 3.63) is 53.5 Å². The van der Waals surface area contributed by atoms with Gasteiger partial charge in [0.25, 0.3) is 5.91 Å². The number of aliphatic hydroxyl groups excluding tert-OH is 1. The summed E-state index contributed by atoms with van der Waals surface area (Å²) in [7, 11) is 0. The molecule has 0 bridgehead atoms. The molecule has 102 valence electrons. The van der Waals surface area contributed by atoms with E-state index < -0.39 is 0 Å². The lowest BCUT2D eigenvalue weighted by atomic mass is 10.1. The molecule has 0 saturated carbocycles. The summed E-state index contributed by atoms with van der Waals surface area (Å²) in [6.07, 6.45) is 1.91. The fourth-order valence-corrected chi connectivity index (χ4v) is 1.69. The quantitative estimate of drug-likeness (QED) is 0.842. The van der Waals surface area contributed by atoms with Gasteiger partial charge in [0.1, 0.15) is 0 Å². The van der Waals surface area contributed by atoms with Crippen molar-refractivity contribution in [1.29, 1.82) is 0 Å². The van der Waals surface area contributed by atoms with Crippen LogP contribution in [0.1, 0.15) is 28.1 Å². The molecule has 1 aromatic carbocycles. The number of rotatable bonds is 3. The number of carbonyl (C=O) groups is 1. The van der Waals surface area contributed by atoms with Crippen molar-refractivity contribution < 1.29 is 14.3 Å². The molecule has 2 aromatic rings. The topological polar surface area (TPSA) is 62.5 Å². The van der Waals surface area contributed by atoms with E-state index in [1.807, 2.05) is 19.1 Å². The number of carbonyl (C=O) groups excluding carboxylic acids is 1. The number of nitrogens with one attached hydrogen (secondary N) is 1. The van der Waals surface area contributed by atoms with E-state index in [0.29, 0.717) is 6.42 Å². The van der Waals surface area contributed by atoms with Gasteiger partial charge in [0.15, 0.2) is 5.76 Å². The summed E-state index contributed by atoms with van der Waals surface area (Å²) in [6, 6.07) is 8.80. The van der Waals surface area contributed by atoms with Crippen molar-refractivity contribution >= 4 is 11.6 Å². The summed E-state index contributed by atoms with van der Waals surface area (Å²) in [5.74, 6) is 5.81. The number of aryl methyl sites for hydroxylation is 1. The summed E-state index contributed by atoms with van der Waals surface area (Å²) in [5.41, 5.74) is 2.49. The van der Waals surface area contributed by atoms with Crippen LogP contribution in [0.15, 0.2) is 41.0 Å². The maximum absolute atomic E-state index is 11.9. The van der Waals surface area contributed by atoms with Gasteiger partial charge in [-0.3, -0.25) is 4.79 Å². The molecule has 2 N–H and O–H groups in total. The fourth-order valence-electron chi connectivity index (χ4n) is 1.69. The third kappa shape index (κ3) is 3.50. The number of aliphatic hydroxyl groups is 1. The lowest BCUT2D eigenvalue weighted by Crippen LogP contribution is -2.11. The second-order valence-corrected chi connectivity index (χ2v) is 4.24. The Labute approximate surface area is 117 Å². The molecule has 0 atom stereocenters. The average Bonchev–Trinajstić information content (AvgIpc) is 2.96. The van der Waals surface area contributed by atoms with E-state index >= 15 is 0 Å². The average molecular weight is 269 g/mol. The van der Waals surface area contributed by atoms with Gasteiger partial charge in [-0.1, -0.05) is 11.8 Å². The highest BCUT2D eigenvalue weighted by Gasteiger charge is 2.09. The molecule has 0 fully saturated rings. The van der Waals surface area contributed by atoms with Crippen molar-refractivity contribution in [2.24, 2.45) is 0 Å². The Kier molecular flexibility index (Phi) is 4.59. The monoisotopic (exact) mass is 269 g/mol. The summed E-state index contributed by atoms with van der Waals surface area (Å²) in [4.78, 5) is 11.9. The molecule has 0 unspecified atom stereocenters. The Bertz CT molecular complexity index is 648. The van der Waals surface area contributed by atoms with Crippen LogP contribution < -0.4 is 5.32 Å². The first-order valence-electron chi connectivity index (χ1n) is 6.26. The third-order valence-electron chi connectivity index (χ3n) is 2.69. The molecule has 0 aliphatic carbocycles. The minimum atomic E-state index is -0.280. The van der Waals surface area contributed by atoms with Crippen LogP contribution in [0.5, 0.6) is 0 Å². The van der Waals surface area contributed by atoms with Crippen molar-refractivity contribution in [2.45, 2.75) is 13.3 Å². The standard InChI is InChI=1S/C16H15NO3/c1-12-11-13(5-2-3-9-18)7-8-14(12)17-16(19)15-6-4-10-20-15/h4,6-8,10-11,18H,3,9H2,1H3,(H,17,19). The molecule has 4 nitrogen and oxygen atoms in total. The molecule has 20 heavy (non-hydrogen) atoms. The number of benzene rings is 1. The van der Waals surface area contributed by atoms with Crippen molar-refractivity contribution in [1.82, 2.24) is 0 Å². The number of anilines is 1. The van der Waals surface area contributed by atoms with Crippen molar-refractivity contribution in [3.63, 3.8) is 0 Å². The maximum Gasteiger partial charge on any atom is 0.291 e. The van der Waals surface area contributed by atoms with Crippen LogP contribution in [0.4, 0.5) is 5.69 Å². The molecular formula is C16H15NO3. The lowest BCUT2D eigenvalue weighted by molar-refractivity contribution is 0.0996. The first-order chi connectivity index (χ1) is 9.70. The third-order valence-corrected chi connectivity index (χ3v) is 2.69. The van der Waals surface area contributed by atoms with Gasteiger partial charge >= 0.3 is 0 Å². The summed E-state index contributed by atoms with van der Waals surface area (Å²) >= 11 is 0. The fraction of sp³-hybridized carbons (Fsp3) is 0.188. The largest absolute Gasteiger partial charge is 0.459 e. The van der Waals surface area contributed by atoms with Crippen LogP contribution in [0.3, 0.4) is 0 Å². The number of furan rings is 1. The van der Waals surface area contributed by atoms with Gasteiger partial charge in [0.05, 0.1) is 12.9 Å². The Morgan fingerprint density at radius 1 is 1.40 bits per heavy atom. The highest BCUT2D eigenvalue weighted by molar-refractivity contribution is 6.02. The van der Waals surface area contributed by atoms with Gasteiger partial charge in [-0.15, -0.1) is 0 Å². The van der Waals surface area contributed by atoms with Crippen molar-refractivity contribution in [2.75, 3.05) is 11.9 Å². The molecule has 0 spiro atoms. The zero-order valence-electron chi connectivity index (χ0n) is 11.1. The Hall–Kier alpha value is -2.51. The van der Waals surface area contributed by atoms with Gasteiger partial charge in [-0.05, 0) is 42.8 Å². The van der Waals surface area contributed by atoms with Crippen LogP contribution in [-0.2, 0) is 0 Å². The van der Waals surface area contributed by atoms with E-state index in [1.165, 1.54) is 6.26 Å². The van der Waals surface area contributed by atoms with E-state index in [4.69, 9.17) is 9.52 Å². The van der Waals surface area contributed by atoms with E-state index in [1.54, 1.807) is 18.2 Å². The van der Waals surface area contributed by atoms with Gasteiger partial charge in [-0.25, -0.2) is 0 Å². The summed E-state index contributed by atoms with van der Waals surface area (Å²) in [5, 5.41) is 11.5. The SMILES string of the molecule is Cc1cc(C#CCCO)ccc1NC(=O)c1ccco1. The predicted octanol–water partition coefficient (Wildman–Crippen LogP) is 2.57. The number of hydrogen-bond acceptors (Lipinski definition) is 3. The van der Waals surface area contributed by atoms with Crippen LogP contribution in [0.25, 0.3) is 0 Å². The highest BCUT2D eigenvalue weighted by Crippen LogP contribution is 2.17. The molecule has 0 aliphatic heterocycles. The van der Waals surface area contributed by atoms with Gasteiger partial charge in [0, 0.05) is 17.7 Å². The Morgan fingerprint density at radius 2 is 2.25 bits per heavy atom. The van der Waals surface area contributed by atoms with Gasteiger partial charge in [-0.2, -0.15) is 0 Å². The second kappa shape index (κ2) is 6.60. The lowest BCUT2D eigenvalue weighted by Gasteiger charge is -2.07. The zero-order valence-corrected chi connectivity index (χ0v) is 11.1. The predicted molar refractivity (Wildman–Crippen MR) is 76.4 cm³/mol. The van der Waals surface area contributed by atoms with E-state index in [2.05, 4.69) is 17.2 Å². The maximum atomic E-state index is 11.9.